The van der Waals surface area contributed by atoms with Crippen LogP contribution in [0.25, 0.3) is 0 Å². The van der Waals surface area contributed by atoms with Gasteiger partial charge in [0.25, 0.3) is 0 Å². The summed E-state index contributed by atoms with van der Waals surface area (Å²) in [6.45, 7) is 4.20. The van der Waals surface area contributed by atoms with Crippen LogP contribution in [0.3, 0.4) is 0 Å². The fourth-order valence-electron chi connectivity index (χ4n) is 1.72. The lowest BCUT2D eigenvalue weighted by Gasteiger charge is -2.11. The third kappa shape index (κ3) is 3.74. The maximum absolute atomic E-state index is 12.1. The Hall–Kier alpha value is -0.500. The van der Waals surface area contributed by atoms with Crippen LogP contribution in [0.5, 0.6) is 0 Å². The molecule has 0 bridgehead atoms. The Labute approximate surface area is 113 Å². The summed E-state index contributed by atoms with van der Waals surface area (Å²) in [5.74, 6) is 0.723. The average Bonchev–Trinajstić information content (AvgIpc) is 2.72. The van der Waals surface area contributed by atoms with Crippen molar-refractivity contribution in [2.45, 2.75) is 37.9 Å². The Kier molecular flexibility index (Phi) is 5.71. The average molecular weight is 292 g/mol. The standard InChI is InChI=1S/C11H20N2O3S2/c1-4-13-6-11(5-10(13)7-14)18(15,16)12-9(2)8-17-3/h5-6,9,12,14H,4,7-8H2,1-3H3. The molecule has 0 amide bonds. The van der Waals surface area contributed by atoms with E-state index >= 15 is 0 Å². The van der Waals surface area contributed by atoms with Crippen molar-refractivity contribution in [1.29, 1.82) is 0 Å². The van der Waals surface area contributed by atoms with E-state index in [9.17, 15) is 8.42 Å². The number of aryl methyl sites for hydroxylation is 1. The zero-order chi connectivity index (χ0) is 13.8. The molecule has 0 aliphatic carbocycles. The van der Waals surface area contributed by atoms with Crippen LogP contribution in [0.4, 0.5) is 0 Å². The molecule has 0 fully saturated rings. The minimum Gasteiger partial charge on any atom is -0.390 e. The van der Waals surface area contributed by atoms with Gasteiger partial charge in [-0.05, 0) is 26.2 Å². The lowest BCUT2D eigenvalue weighted by Crippen LogP contribution is -2.34. The van der Waals surface area contributed by atoms with Gasteiger partial charge in [0.05, 0.1) is 11.5 Å². The van der Waals surface area contributed by atoms with E-state index in [1.165, 1.54) is 6.07 Å². The molecule has 0 spiro atoms. The van der Waals surface area contributed by atoms with E-state index in [4.69, 9.17) is 5.11 Å². The number of aliphatic hydroxyl groups excluding tert-OH is 1. The van der Waals surface area contributed by atoms with E-state index < -0.39 is 10.0 Å². The van der Waals surface area contributed by atoms with Gasteiger partial charge < -0.3 is 9.67 Å². The normalized spacial score (nSPS) is 13.8. The van der Waals surface area contributed by atoms with E-state index in [2.05, 4.69) is 4.72 Å². The van der Waals surface area contributed by atoms with Crippen molar-refractivity contribution in [2.24, 2.45) is 0 Å². The first-order valence-electron chi connectivity index (χ1n) is 5.75. The number of nitrogens with zero attached hydrogens (tertiary/aromatic N) is 1. The fraction of sp³-hybridized carbons (Fsp3) is 0.636. The summed E-state index contributed by atoms with van der Waals surface area (Å²) < 4.78 is 28.5. The number of hydrogen-bond donors (Lipinski definition) is 2. The number of nitrogens with one attached hydrogen (secondary N) is 1. The molecule has 0 aliphatic heterocycles. The Bertz CT molecular complexity index is 461. The van der Waals surface area contributed by atoms with Gasteiger partial charge in [-0.25, -0.2) is 13.1 Å². The predicted molar refractivity (Wildman–Crippen MR) is 74.2 cm³/mol. The van der Waals surface area contributed by atoms with E-state index in [-0.39, 0.29) is 17.5 Å². The van der Waals surface area contributed by atoms with Gasteiger partial charge in [-0.15, -0.1) is 0 Å². The highest BCUT2D eigenvalue weighted by atomic mass is 32.2. The van der Waals surface area contributed by atoms with Crippen molar-refractivity contribution in [3.63, 3.8) is 0 Å². The van der Waals surface area contributed by atoms with Crippen molar-refractivity contribution in [3.05, 3.63) is 18.0 Å². The second kappa shape index (κ2) is 6.60. The van der Waals surface area contributed by atoms with Crippen LogP contribution < -0.4 is 4.72 Å². The minimum atomic E-state index is -3.50. The Morgan fingerprint density at radius 2 is 2.22 bits per heavy atom. The van der Waals surface area contributed by atoms with Crippen LogP contribution in [0, 0.1) is 0 Å². The van der Waals surface area contributed by atoms with Crippen LogP contribution in [0.15, 0.2) is 17.2 Å². The first-order chi connectivity index (χ1) is 8.44. The highest BCUT2D eigenvalue weighted by Crippen LogP contribution is 2.15. The molecular weight excluding hydrogens is 272 g/mol. The molecule has 2 N–H and O–H groups in total. The number of sulfonamides is 1. The number of thioether (sulfide) groups is 1. The summed E-state index contributed by atoms with van der Waals surface area (Å²) in [7, 11) is -3.50. The number of aliphatic hydroxyl groups is 1. The monoisotopic (exact) mass is 292 g/mol. The largest absolute Gasteiger partial charge is 0.390 e. The van der Waals surface area contributed by atoms with Crippen LogP contribution in [-0.4, -0.2) is 36.1 Å². The third-order valence-electron chi connectivity index (χ3n) is 2.55. The van der Waals surface area contributed by atoms with Gasteiger partial charge in [0.2, 0.25) is 10.0 Å². The molecule has 0 radical (unpaired) electrons. The molecule has 0 aliphatic rings. The van der Waals surface area contributed by atoms with E-state index in [0.29, 0.717) is 12.2 Å². The topological polar surface area (TPSA) is 71.3 Å². The molecule has 1 rings (SSSR count). The van der Waals surface area contributed by atoms with Crippen molar-refractivity contribution >= 4 is 21.8 Å². The summed E-state index contributed by atoms with van der Waals surface area (Å²) in [6, 6.07) is 1.39. The van der Waals surface area contributed by atoms with Gasteiger partial charge in [-0.1, -0.05) is 0 Å². The first-order valence-corrected chi connectivity index (χ1v) is 8.63. The van der Waals surface area contributed by atoms with E-state index in [1.807, 2.05) is 20.1 Å². The summed E-state index contributed by atoms with van der Waals surface area (Å²) in [5.41, 5.74) is 0.607. The highest BCUT2D eigenvalue weighted by molar-refractivity contribution is 7.98. The predicted octanol–water partition coefficient (Wildman–Crippen LogP) is 1.03. The van der Waals surface area contributed by atoms with Crippen molar-refractivity contribution in [3.8, 4) is 0 Å². The van der Waals surface area contributed by atoms with Crippen molar-refractivity contribution < 1.29 is 13.5 Å². The molecule has 18 heavy (non-hydrogen) atoms. The maximum Gasteiger partial charge on any atom is 0.242 e. The zero-order valence-corrected chi connectivity index (χ0v) is 12.5. The smallest absolute Gasteiger partial charge is 0.242 e. The number of hydrogen-bond acceptors (Lipinski definition) is 4. The van der Waals surface area contributed by atoms with E-state index in [1.54, 1.807) is 22.5 Å². The minimum absolute atomic E-state index is 0.118. The highest BCUT2D eigenvalue weighted by Gasteiger charge is 2.20. The van der Waals surface area contributed by atoms with Crippen LogP contribution in [0.1, 0.15) is 19.5 Å². The fourth-order valence-corrected chi connectivity index (χ4v) is 3.71. The SMILES string of the molecule is CCn1cc(S(=O)(=O)NC(C)CSC)cc1CO. The van der Waals surface area contributed by atoms with Gasteiger partial charge in [0.15, 0.2) is 0 Å². The molecule has 1 unspecified atom stereocenters. The van der Waals surface area contributed by atoms with Crippen molar-refractivity contribution in [1.82, 2.24) is 9.29 Å². The quantitative estimate of drug-likeness (QED) is 0.787. The molecule has 7 heteroatoms. The van der Waals surface area contributed by atoms with E-state index in [0.717, 1.165) is 5.75 Å². The van der Waals surface area contributed by atoms with Crippen LogP contribution in [0.2, 0.25) is 0 Å². The van der Waals surface area contributed by atoms with Crippen LogP contribution >= 0.6 is 11.8 Å². The zero-order valence-electron chi connectivity index (χ0n) is 10.9. The first kappa shape index (κ1) is 15.6. The number of aromatic nitrogens is 1. The second-order valence-electron chi connectivity index (χ2n) is 4.09. The Morgan fingerprint density at radius 3 is 2.67 bits per heavy atom. The Morgan fingerprint density at radius 1 is 1.56 bits per heavy atom. The summed E-state index contributed by atoms with van der Waals surface area (Å²) in [5, 5.41) is 9.16. The molecule has 1 aromatic heterocycles. The molecule has 0 saturated heterocycles. The second-order valence-corrected chi connectivity index (χ2v) is 6.71. The lowest BCUT2D eigenvalue weighted by atomic mass is 10.4. The summed E-state index contributed by atoms with van der Waals surface area (Å²) in [4.78, 5) is 0.210. The lowest BCUT2D eigenvalue weighted by molar-refractivity contribution is 0.271. The molecule has 5 nitrogen and oxygen atoms in total. The molecule has 0 aromatic carbocycles. The van der Waals surface area contributed by atoms with Gasteiger partial charge >= 0.3 is 0 Å². The summed E-state index contributed by atoms with van der Waals surface area (Å²) in [6.07, 6.45) is 3.49. The molecule has 0 saturated carbocycles. The third-order valence-corrected chi connectivity index (χ3v) is 4.94. The molecule has 1 heterocycles. The molecule has 1 aromatic rings. The Balaban J connectivity index is 2.94. The van der Waals surface area contributed by atoms with Gasteiger partial charge in [-0.2, -0.15) is 11.8 Å². The van der Waals surface area contributed by atoms with Gasteiger partial charge in [0, 0.05) is 30.2 Å². The summed E-state index contributed by atoms with van der Waals surface area (Å²) >= 11 is 1.59. The molecule has 1 atom stereocenters. The van der Waals surface area contributed by atoms with Crippen LogP contribution in [-0.2, 0) is 23.2 Å². The van der Waals surface area contributed by atoms with Crippen molar-refractivity contribution in [2.75, 3.05) is 12.0 Å². The number of rotatable bonds is 7. The van der Waals surface area contributed by atoms with Gasteiger partial charge in [-0.3, -0.25) is 0 Å². The van der Waals surface area contributed by atoms with Gasteiger partial charge in [0.1, 0.15) is 0 Å². The maximum atomic E-state index is 12.1. The molecule has 104 valence electrons. The molecular formula is C11H20N2O3S2.